The Morgan fingerprint density at radius 2 is 1.80 bits per heavy atom. The van der Waals surface area contributed by atoms with Crippen molar-refractivity contribution in [3.63, 3.8) is 0 Å². The molecule has 0 aliphatic carbocycles. The Bertz CT molecular complexity index is 1110. The number of aromatic nitrogens is 2. The number of aryl methyl sites for hydroxylation is 2. The van der Waals surface area contributed by atoms with Crippen molar-refractivity contribution in [3.8, 4) is 0 Å². The Hall–Kier alpha value is -3.21. The van der Waals surface area contributed by atoms with Crippen LogP contribution in [0.2, 0.25) is 0 Å². The number of rotatable bonds is 2. The number of hydrogen-bond acceptors (Lipinski definition) is 4. The van der Waals surface area contributed by atoms with Crippen molar-refractivity contribution >= 4 is 33.5 Å². The standard InChI is InChI=1S/C20H17N3O2/c1-12-10-17(18-13(2)22-25-19(18)21-12)20(24)23(3)16-9-8-14-6-4-5-7-15(14)11-16/h4-11H,1-3H3. The van der Waals surface area contributed by atoms with E-state index in [1.807, 2.05) is 50.2 Å². The third-order valence-corrected chi connectivity index (χ3v) is 4.40. The molecule has 0 saturated carbocycles. The molecule has 5 heteroatoms. The summed E-state index contributed by atoms with van der Waals surface area (Å²) in [6.45, 7) is 3.65. The number of nitrogens with zero attached hydrogens (tertiary/aromatic N) is 3. The number of pyridine rings is 1. The summed E-state index contributed by atoms with van der Waals surface area (Å²) in [5.74, 6) is -0.114. The van der Waals surface area contributed by atoms with Gasteiger partial charge in [0.2, 0.25) is 0 Å². The summed E-state index contributed by atoms with van der Waals surface area (Å²) >= 11 is 0. The maximum absolute atomic E-state index is 13.1. The fraction of sp³-hybridized carbons (Fsp3) is 0.150. The molecule has 2 aromatic carbocycles. The summed E-state index contributed by atoms with van der Waals surface area (Å²) in [4.78, 5) is 19.1. The summed E-state index contributed by atoms with van der Waals surface area (Å²) in [5.41, 5.74) is 3.17. The molecule has 0 aliphatic heterocycles. The predicted octanol–water partition coefficient (Wildman–Crippen LogP) is 4.27. The lowest BCUT2D eigenvalue weighted by molar-refractivity contribution is 0.0994. The third kappa shape index (κ3) is 2.54. The normalized spacial score (nSPS) is 11.2. The number of fused-ring (bicyclic) bond motifs is 2. The van der Waals surface area contributed by atoms with E-state index in [0.29, 0.717) is 22.4 Å². The van der Waals surface area contributed by atoms with E-state index in [1.165, 1.54) is 0 Å². The van der Waals surface area contributed by atoms with Gasteiger partial charge < -0.3 is 9.42 Å². The average Bonchev–Trinajstić information content (AvgIpc) is 3.00. The quantitative estimate of drug-likeness (QED) is 0.550. The molecule has 0 saturated heterocycles. The van der Waals surface area contributed by atoms with Crippen LogP contribution in [-0.4, -0.2) is 23.1 Å². The molecule has 25 heavy (non-hydrogen) atoms. The third-order valence-electron chi connectivity index (χ3n) is 4.40. The first kappa shape index (κ1) is 15.3. The summed E-state index contributed by atoms with van der Waals surface area (Å²) in [5, 5.41) is 6.85. The van der Waals surface area contributed by atoms with Crippen molar-refractivity contribution < 1.29 is 9.32 Å². The molecule has 1 amide bonds. The van der Waals surface area contributed by atoms with Crippen LogP contribution in [0.25, 0.3) is 21.9 Å². The van der Waals surface area contributed by atoms with Crippen LogP contribution in [0.15, 0.2) is 53.1 Å². The van der Waals surface area contributed by atoms with Crippen molar-refractivity contribution in [2.75, 3.05) is 11.9 Å². The van der Waals surface area contributed by atoms with E-state index in [4.69, 9.17) is 4.52 Å². The zero-order valence-corrected chi connectivity index (χ0v) is 14.3. The zero-order chi connectivity index (χ0) is 17.6. The van der Waals surface area contributed by atoms with Gasteiger partial charge in [0.25, 0.3) is 11.6 Å². The summed E-state index contributed by atoms with van der Waals surface area (Å²) in [6.07, 6.45) is 0. The van der Waals surface area contributed by atoms with Crippen LogP contribution in [-0.2, 0) is 0 Å². The van der Waals surface area contributed by atoms with Crippen molar-refractivity contribution in [1.29, 1.82) is 0 Å². The van der Waals surface area contributed by atoms with Gasteiger partial charge in [0.1, 0.15) is 0 Å². The second-order valence-corrected chi connectivity index (χ2v) is 6.15. The predicted molar refractivity (Wildman–Crippen MR) is 98.0 cm³/mol. The largest absolute Gasteiger partial charge is 0.336 e. The van der Waals surface area contributed by atoms with Gasteiger partial charge >= 0.3 is 0 Å². The minimum absolute atomic E-state index is 0.114. The number of carbonyl (C=O) groups excluding carboxylic acids is 1. The Labute approximate surface area is 144 Å². The maximum Gasteiger partial charge on any atom is 0.258 e. The highest BCUT2D eigenvalue weighted by Gasteiger charge is 2.21. The van der Waals surface area contributed by atoms with E-state index >= 15 is 0 Å². The van der Waals surface area contributed by atoms with Crippen LogP contribution in [0.4, 0.5) is 5.69 Å². The highest BCUT2D eigenvalue weighted by molar-refractivity contribution is 6.13. The van der Waals surface area contributed by atoms with Crippen LogP contribution in [0.1, 0.15) is 21.7 Å². The molecule has 124 valence electrons. The molecule has 5 nitrogen and oxygen atoms in total. The van der Waals surface area contributed by atoms with Gasteiger partial charge in [-0.2, -0.15) is 0 Å². The highest BCUT2D eigenvalue weighted by Crippen LogP contribution is 2.26. The molecule has 0 atom stereocenters. The van der Waals surface area contributed by atoms with Gasteiger partial charge in [-0.15, -0.1) is 0 Å². The highest BCUT2D eigenvalue weighted by atomic mass is 16.5. The van der Waals surface area contributed by atoms with Crippen molar-refractivity contribution in [2.24, 2.45) is 0 Å². The SMILES string of the molecule is Cc1cc(C(=O)N(C)c2ccc3ccccc3c2)c2c(C)noc2n1. The minimum Gasteiger partial charge on any atom is -0.336 e. The minimum atomic E-state index is -0.114. The molecular weight excluding hydrogens is 314 g/mol. The first-order valence-electron chi connectivity index (χ1n) is 8.05. The van der Waals surface area contributed by atoms with Crippen molar-refractivity contribution in [3.05, 3.63) is 65.5 Å². The molecule has 4 aromatic rings. The molecule has 0 unspecified atom stereocenters. The van der Waals surface area contributed by atoms with Crippen LogP contribution < -0.4 is 4.90 Å². The first-order chi connectivity index (χ1) is 12.0. The molecule has 4 rings (SSSR count). The summed E-state index contributed by atoms with van der Waals surface area (Å²) in [6, 6.07) is 15.9. The first-order valence-corrected chi connectivity index (χ1v) is 8.05. The summed E-state index contributed by atoms with van der Waals surface area (Å²) < 4.78 is 5.23. The molecule has 0 aliphatic rings. The lowest BCUT2D eigenvalue weighted by Gasteiger charge is -2.18. The zero-order valence-electron chi connectivity index (χ0n) is 14.3. The van der Waals surface area contributed by atoms with Gasteiger partial charge in [-0.05, 0) is 42.8 Å². The number of amides is 1. The molecule has 2 aromatic heterocycles. The van der Waals surface area contributed by atoms with Crippen LogP contribution in [0, 0.1) is 13.8 Å². The van der Waals surface area contributed by atoms with Gasteiger partial charge in [0, 0.05) is 18.4 Å². The molecule has 0 N–H and O–H groups in total. The summed E-state index contributed by atoms with van der Waals surface area (Å²) in [7, 11) is 1.77. The lowest BCUT2D eigenvalue weighted by Crippen LogP contribution is -2.26. The Balaban J connectivity index is 1.81. The van der Waals surface area contributed by atoms with Gasteiger partial charge in [0.15, 0.2) is 0 Å². The average molecular weight is 331 g/mol. The maximum atomic E-state index is 13.1. The number of carbonyl (C=O) groups is 1. The van der Waals surface area contributed by atoms with E-state index < -0.39 is 0 Å². The number of hydrogen-bond donors (Lipinski definition) is 0. The van der Waals surface area contributed by atoms with E-state index in [-0.39, 0.29) is 5.91 Å². The van der Waals surface area contributed by atoms with Crippen molar-refractivity contribution in [2.45, 2.75) is 13.8 Å². The van der Waals surface area contributed by atoms with Crippen LogP contribution in [0.5, 0.6) is 0 Å². The topological polar surface area (TPSA) is 59.2 Å². The fourth-order valence-electron chi connectivity index (χ4n) is 3.07. The van der Waals surface area contributed by atoms with E-state index in [2.05, 4.69) is 16.2 Å². The molecule has 0 bridgehead atoms. The van der Waals surface area contributed by atoms with Crippen LogP contribution >= 0.6 is 0 Å². The van der Waals surface area contributed by atoms with Crippen LogP contribution in [0.3, 0.4) is 0 Å². The molecule has 2 heterocycles. The number of anilines is 1. The van der Waals surface area contributed by atoms with Gasteiger partial charge in [-0.3, -0.25) is 4.79 Å². The van der Waals surface area contributed by atoms with Gasteiger partial charge in [-0.25, -0.2) is 4.98 Å². The second kappa shape index (κ2) is 5.70. The number of benzene rings is 2. The molecule has 0 spiro atoms. The van der Waals surface area contributed by atoms with Gasteiger partial charge in [0.05, 0.1) is 16.6 Å². The van der Waals surface area contributed by atoms with Crippen molar-refractivity contribution in [1.82, 2.24) is 10.1 Å². The van der Waals surface area contributed by atoms with Gasteiger partial charge in [-0.1, -0.05) is 35.5 Å². The van der Waals surface area contributed by atoms with E-state index in [1.54, 1.807) is 18.0 Å². The monoisotopic (exact) mass is 331 g/mol. The van der Waals surface area contributed by atoms with E-state index in [9.17, 15) is 4.79 Å². The van der Waals surface area contributed by atoms with E-state index in [0.717, 1.165) is 22.2 Å². The molecule has 0 fully saturated rings. The Morgan fingerprint density at radius 1 is 1.04 bits per heavy atom. The Morgan fingerprint density at radius 3 is 2.60 bits per heavy atom. The smallest absolute Gasteiger partial charge is 0.258 e. The molecule has 0 radical (unpaired) electrons. The second-order valence-electron chi connectivity index (χ2n) is 6.15. The Kier molecular flexibility index (Phi) is 3.50. The lowest BCUT2D eigenvalue weighted by atomic mass is 10.1. The molecular formula is C20H17N3O2. The fourth-order valence-corrected chi connectivity index (χ4v) is 3.07.